The second kappa shape index (κ2) is 4.93. The Bertz CT molecular complexity index is 816. The van der Waals surface area contributed by atoms with Crippen LogP contribution in [0.25, 0.3) is 16.9 Å². The van der Waals surface area contributed by atoms with Crippen LogP contribution in [0.15, 0.2) is 30.3 Å². The van der Waals surface area contributed by atoms with Gasteiger partial charge in [-0.1, -0.05) is 0 Å². The topological polar surface area (TPSA) is 74.7 Å². The highest BCUT2D eigenvalue weighted by molar-refractivity contribution is 5.72. The van der Waals surface area contributed by atoms with Gasteiger partial charge in [0.05, 0.1) is 19.9 Å². The zero-order valence-electron chi connectivity index (χ0n) is 11.5. The summed E-state index contributed by atoms with van der Waals surface area (Å²) in [5, 5.41) is 4.13. The van der Waals surface area contributed by atoms with Gasteiger partial charge in [-0.3, -0.25) is 0 Å². The summed E-state index contributed by atoms with van der Waals surface area (Å²) in [6.45, 7) is 0. The van der Waals surface area contributed by atoms with Crippen molar-refractivity contribution < 1.29 is 13.9 Å². The molecule has 0 atom stereocenters. The number of nitrogens with zero attached hydrogens (tertiary/aromatic N) is 3. The third-order valence-electron chi connectivity index (χ3n) is 3.12. The Kier molecular flexibility index (Phi) is 3.09. The van der Waals surface area contributed by atoms with Crippen molar-refractivity contribution in [3.8, 4) is 22.8 Å². The molecule has 2 N–H and O–H groups in total. The zero-order valence-corrected chi connectivity index (χ0v) is 11.5. The van der Waals surface area contributed by atoms with E-state index >= 15 is 0 Å². The molecule has 108 valence electrons. The first-order valence-corrected chi connectivity index (χ1v) is 6.17. The van der Waals surface area contributed by atoms with E-state index in [4.69, 9.17) is 15.2 Å². The Morgan fingerprint density at radius 2 is 1.81 bits per heavy atom. The van der Waals surface area contributed by atoms with Crippen LogP contribution in [0.4, 0.5) is 10.3 Å². The molecule has 0 saturated heterocycles. The van der Waals surface area contributed by atoms with Gasteiger partial charge in [-0.15, -0.1) is 5.10 Å². The van der Waals surface area contributed by atoms with E-state index in [1.165, 1.54) is 30.9 Å². The number of anilines is 1. The molecule has 0 amide bonds. The average Bonchev–Trinajstić information content (AvgIpc) is 2.87. The monoisotopic (exact) mass is 288 g/mol. The van der Waals surface area contributed by atoms with Gasteiger partial charge in [0.25, 0.3) is 0 Å². The van der Waals surface area contributed by atoms with E-state index in [-0.39, 0.29) is 11.8 Å². The second-order valence-corrected chi connectivity index (χ2v) is 4.34. The minimum atomic E-state index is -0.372. The standard InChI is InChI=1S/C14H13FN4O2/c1-20-11-5-3-8(15)7-9(11)10-4-6-12(21-2)13-17-14(16)18-19(10)13/h3-7H,1-2H3,(H2,16,18). The fourth-order valence-electron chi connectivity index (χ4n) is 2.20. The lowest BCUT2D eigenvalue weighted by atomic mass is 10.1. The number of benzene rings is 1. The van der Waals surface area contributed by atoms with Gasteiger partial charge in [0.1, 0.15) is 11.6 Å². The van der Waals surface area contributed by atoms with Crippen LogP contribution in [0.3, 0.4) is 0 Å². The van der Waals surface area contributed by atoms with Crippen LogP contribution in [0, 0.1) is 5.82 Å². The maximum absolute atomic E-state index is 13.6. The van der Waals surface area contributed by atoms with E-state index in [9.17, 15) is 4.39 Å². The van der Waals surface area contributed by atoms with Crippen molar-refractivity contribution in [2.45, 2.75) is 0 Å². The molecule has 3 rings (SSSR count). The molecule has 0 unspecified atom stereocenters. The smallest absolute Gasteiger partial charge is 0.240 e. The van der Waals surface area contributed by atoms with Crippen molar-refractivity contribution in [3.05, 3.63) is 36.1 Å². The minimum Gasteiger partial charge on any atom is -0.496 e. The highest BCUT2D eigenvalue weighted by atomic mass is 19.1. The molecule has 2 heterocycles. The zero-order chi connectivity index (χ0) is 15.0. The van der Waals surface area contributed by atoms with Gasteiger partial charge >= 0.3 is 0 Å². The summed E-state index contributed by atoms with van der Waals surface area (Å²) in [6.07, 6.45) is 0. The first-order valence-electron chi connectivity index (χ1n) is 6.17. The molecule has 0 aliphatic rings. The van der Waals surface area contributed by atoms with Crippen LogP contribution >= 0.6 is 0 Å². The molecule has 0 fully saturated rings. The first kappa shape index (κ1) is 13.2. The number of fused-ring (bicyclic) bond motifs is 1. The van der Waals surface area contributed by atoms with Crippen molar-refractivity contribution in [1.29, 1.82) is 0 Å². The van der Waals surface area contributed by atoms with Gasteiger partial charge in [0, 0.05) is 5.56 Å². The summed E-state index contributed by atoms with van der Waals surface area (Å²) in [7, 11) is 3.05. The molecule has 21 heavy (non-hydrogen) atoms. The predicted octanol–water partition coefficient (Wildman–Crippen LogP) is 2.13. The molecule has 0 radical (unpaired) electrons. The average molecular weight is 288 g/mol. The normalized spacial score (nSPS) is 10.8. The van der Waals surface area contributed by atoms with Crippen LogP contribution in [0.1, 0.15) is 0 Å². The number of halogens is 1. The molecule has 1 aromatic carbocycles. The summed E-state index contributed by atoms with van der Waals surface area (Å²) < 4.78 is 25.6. The van der Waals surface area contributed by atoms with E-state index in [2.05, 4.69) is 10.1 Å². The predicted molar refractivity (Wildman–Crippen MR) is 75.9 cm³/mol. The minimum absolute atomic E-state index is 0.108. The summed E-state index contributed by atoms with van der Waals surface area (Å²) >= 11 is 0. The van der Waals surface area contributed by atoms with Gasteiger partial charge in [-0.05, 0) is 30.3 Å². The van der Waals surface area contributed by atoms with E-state index in [0.717, 1.165) is 0 Å². The van der Waals surface area contributed by atoms with Gasteiger partial charge in [-0.2, -0.15) is 4.98 Å². The third-order valence-corrected chi connectivity index (χ3v) is 3.12. The van der Waals surface area contributed by atoms with Crippen molar-refractivity contribution in [2.75, 3.05) is 20.0 Å². The Hall–Kier alpha value is -2.83. The number of aromatic nitrogens is 3. The molecule has 0 saturated carbocycles. The molecule has 7 heteroatoms. The molecular weight excluding hydrogens is 275 g/mol. The third kappa shape index (κ3) is 2.12. The quantitative estimate of drug-likeness (QED) is 0.799. The lowest BCUT2D eigenvalue weighted by molar-refractivity contribution is 0.414. The fourth-order valence-corrected chi connectivity index (χ4v) is 2.20. The largest absolute Gasteiger partial charge is 0.496 e. The highest BCUT2D eigenvalue weighted by Crippen LogP contribution is 2.33. The number of hydrogen-bond acceptors (Lipinski definition) is 5. The number of nitrogens with two attached hydrogens (primary N) is 1. The van der Waals surface area contributed by atoms with Gasteiger partial charge in [0.2, 0.25) is 5.95 Å². The number of rotatable bonds is 3. The number of nitrogen functional groups attached to an aromatic ring is 1. The Balaban J connectivity index is 2.33. The van der Waals surface area contributed by atoms with Crippen LogP contribution in [0.2, 0.25) is 0 Å². The molecule has 2 aromatic heterocycles. The molecule has 6 nitrogen and oxygen atoms in total. The lowest BCUT2D eigenvalue weighted by Crippen LogP contribution is -1.99. The summed E-state index contributed by atoms with van der Waals surface area (Å²) in [5.41, 5.74) is 7.27. The Labute approximate surface area is 119 Å². The Morgan fingerprint density at radius 3 is 2.52 bits per heavy atom. The van der Waals surface area contributed by atoms with E-state index in [0.29, 0.717) is 28.4 Å². The molecular formula is C14H13FN4O2. The van der Waals surface area contributed by atoms with Gasteiger partial charge in [-0.25, -0.2) is 8.91 Å². The molecule has 3 aromatic rings. The fraction of sp³-hybridized carbons (Fsp3) is 0.143. The number of methoxy groups -OCH3 is 2. The van der Waals surface area contributed by atoms with Crippen molar-refractivity contribution >= 4 is 11.6 Å². The van der Waals surface area contributed by atoms with Crippen LogP contribution in [-0.2, 0) is 0 Å². The molecule has 0 spiro atoms. The molecule has 0 aliphatic heterocycles. The van der Waals surface area contributed by atoms with Crippen molar-refractivity contribution in [3.63, 3.8) is 0 Å². The SMILES string of the molecule is COc1ccc(F)cc1-c1ccc(OC)c2nc(N)nn12. The van der Waals surface area contributed by atoms with Crippen LogP contribution in [-0.4, -0.2) is 28.8 Å². The summed E-state index contributed by atoms with van der Waals surface area (Å²) in [4.78, 5) is 4.12. The molecule has 0 aliphatic carbocycles. The second-order valence-electron chi connectivity index (χ2n) is 4.34. The Morgan fingerprint density at radius 1 is 1.10 bits per heavy atom. The summed E-state index contributed by atoms with van der Waals surface area (Å²) in [6, 6.07) is 7.73. The number of hydrogen-bond donors (Lipinski definition) is 1. The first-order chi connectivity index (χ1) is 10.1. The molecule has 0 bridgehead atoms. The van der Waals surface area contributed by atoms with E-state index in [1.54, 1.807) is 18.2 Å². The maximum Gasteiger partial charge on any atom is 0.240 e. The van der Waals surface area contributed by atoms with Gasteiger partial charge in [0.15, 0.2) is 11.4 Å². The van der Waals surface area contributed by atoms with E-state index < -0.39 is 0 Å². The van der Waals surface area contributed by atoms with Crippen LogP contribution < -0.4 is 15.2 Å². The number of pyridine rings is 1. The van der Waals surface area contributed by atoms with Crippen molar-refractivity contribution in [1.82, 2.24) is 14.6 Å². The van der Waals surface area contributed by atoms with Crippen LogP contribution in [0.5, 0.6) is 11.5 Å². The maximum atomic E-state index is 13.6. The van der Waals surface area contributed by atoms with E-state index in [1.807, 2.05) is 0 Å². The number of ether oxygens (including phenoxy) is 2. The summed E-state index contributed by atoms with van der Waals surface area (Å²) in [5.74, 6) is 0.786. The van der Waals surface area contributed by atoms with Gasteiger partial charge < -0.3 is 15.2 Å². The lowest BCUT2D eigenvalue weighted by Gasteiger charge is -2.11. The van der Waals surface area contributed by atoms with Crippen molar-refractivity contribution in [2.24, 2.45) is 0 Å². The highest BCUT2D eigenvalue weighted by Gasteiger charge is 2.15.